The van der Waals surface area contributed by atoms with E-state index in [1.807, 2.05) is 25.1 Å². The lowest BCUT2D eigenvalue weighted by Gasteiger charge is -2.03. The molecule has 0 aromatic carbocycles. The Balaban J connectivity index is 1.81. The van der Waals surface area contributed by atoms with Gasteiger partial charge in [-0.05, 0) is 12.5 Å². The molecule has 0 aliphatic heterocycles. The lowest BCUT2D eigenvalue weighted by Crippen LogP contribution is -2.12. The van der Waals surface area contributed by atoms with E-state index in [0.29, 0.717) is 12.4 Å². The summed E-state index contributed by atoms with van der Waals surface area (Å²) in [4.78, 5) is 4.13. The van der Waals surface area contributed by atoms with Crippen LogP contribution >= 0.6 is 0 Å². The Morgan fingerprint density at radius 2 is 2.24 bits per heavy atom. The van der Waals surface area contributed by atoms with E-state index in [4.69, 9.17) is 9.26 Å². The summed E-state index contributed by atoms with van der Waals surface area (Å²) in [6.45, 7) is 3.30. The number of nitrogens with one attached hydrogen (secondary N) is 1. The Hall–Kier alpha value is -1.88. The monoisotopic (exact) mass is 233 g/mol. The number of aromatic nitrogens is 2. The fourth-order valence-electron chi connectivity index (χ4n) is 1.47. The molecule has 0 fully saturated rings. The maximum Gasteiger partial charge on any atom is 0.212 e. The largest absolute Gasteiger partial charge is 0.481 e. The molecule has 0 saturated heterocycles. The van der Waals surface area contributed by atoms with Crippen LogP contribution in [0.25, 0.3) is 0 Å². The second-order valence-electron chi connectivity index (χ2n) is 3.75. The molecule has 0 saturated carbocycles. The fraction of sp³-hybridized carbons (Fsp3) is 0.333. The van der Waals surface area contributed by atoms with Gasteiger partial charge in [-0.3, -0.25) is 0 Å². The minimum atomic E-state index is 0.625. The van der Waals surface area contributed by atoms with Crippen molar-refractivity contribution in [3.63, 3.8) is 0 Å². The Kier molecular flexibility index (Phi) is 3.72. The molecule has 2 aromatic rings. The number of hydrogen-bond donors (Lipinski definition) is 1. The molecule has 17 heavy (non-hydrogen) atoms. The first-order chi connectivity index (χ1) is 8.28. The van der Waals surface area contributed by atoms with Gasteiger partial charge < -0.3 is 14.6 Å². The molecule has 1 N–H and O–H groups in total. The normalized spacial score (nSPS) is 10.5. The smallest absolute Gasteiger partial charge is 0.212 e. The van der Waals surface area contributed by atoms with Gasteiger partial charge in [0, 0.05) is 24.9 Å². The van der Waals surface area contributed by atoms with Crippen LogP contribution in [-0.4, -0.2) is 17.3 Å². The molecule has 2 heterocycles. The van der Waals surface area contributed by atoms with Gasteiger partial charge in [-0.2, -0.15) is 0 Å². The lowest BCUT2D eigenvalue weighted by atomic mass is 10.3. The van der Waals surface area contributed by atoms with Gasteiger partial charge >= 0.3 is 0 Å². The minimum Gasteiger partial charge on any atom is -0.481 e. The second-order valence-corrected chi connectivity index (χ2v) is 3.75. The fourth-order valence-corrected chi connectivity index (χ4v) is 1.47. The molecule has 0 aliphatic rings. The second kappa shape index (κ2) is 5.45. The van der Waals surface area contributed by atoms with E-state index in [-0.39, 0.29) is 0 Å². The number of methoxy groups -OCH3 is 1. The third kappa shape index (κ3) is 3.29. The highest BCUT2D eigenvalue weighted by Gasteiger charge is 2.00. The average molecular weight is 233 g/mol. The van der Waals surface area contributed by atoms with Crippen LogP contribution in [0.3, 0.4) is 0 Å². The van der Waals surface area contributed by atoms with Gasteiger partial charge in [0.05, 0.1) is 19.3 Å². The number of ether oxygens (including phenoxy) is 1. The van der Waals surface area contributed by atoms with E-state index < -0.39 is 0 Å². The van der Waals surface area contributed by atoms with Gasteiger partial charge in [0.15, 0.2) is 5.76 Å². The van der Waals surface area contributed by atoms with Crippen LogP contribution in [0.2, 0.25) is 0 Å². The van der Waals surface area contributed by atoms with Crippen molar-refractivity contribution < 1.29 is 9.26 Å². The maximum atomic E-state index is 5.09. The number of pyridine rings is 1. The molecule has 0 spiro atoms. The highest BCUT2D eigenvalue weighted by atomic mass is 16.5. The summed E-state index contributed by atoms with van der Waals surface area (Å²) in [5.41, 5.74) is 2.00. The van der Waals surface area contributed by atoms with Gasteiger partial charge in [0.1, 0.15) is 0 Å². The van der Waals surface area contributed by atoms with E-state index >= 15 is 0 Å². The molecular weight excluding hydrogens is 218 g/mol. The van der Waals surface area contributed by atoms with Crippen molar-refractivity contribution in [2.45, 2.75) is 20.0 Å². The molecule has 0 aliphatic carbocycles. The van der Waals surface area contributed by atoms with Crippen molar-refractivity contribution in [1.82, 2.24) is 15.5 Å². The van der Waals surface area contributed by atoms with Crippen LogP contribution in [-0.2, 0) is 13.1 Å². The molecule has 90 valence electrons. The summed E-state index contributed by atoms with van der Waals surface area (Å²) in [6, 6.07) is 5.74. The summed E-state index contributed by atoms with van der Waals surface area (Å²) in [5, 5.41) is 7.08. The van der Waals surface area contributed by atoms with Crippen LogP contribution in [0.15, 0.2) is 28.9 Å². The molecule has 0 atom stereocenters. The van der Waals surface area contributed by atoms with Gasteiger partial charge in [-0.1, -0.05) is 11.2 Å². The van der Waals surface area contributed by atoms with E-state index in [1.165, 1.54) is 0 Å². The summed E-state index contributed by atoms with van der Waals surface area (Å²) in [6.07, 6.45) is 1.79. The first-order valence-electron chi connectivity index (χ1n) is 5.40. The summed E-state index contributed by atoms with van der Waals surface area (Å²) in [7, 11) is 1.60. The number of nitrogens with zero attached hydrogens (tertiary/aromatic N) is 2. The predicted molar refractivity (Wildman–Crippen MR) is 62.6 cm³/mol. The Bertz CT molecular complexity index is 465. The van der Waals surface area contributed by atoms with E-state index in [1.54, 1.807) is 13.3 Å². The lowest BCUT2D eigenvalue weighted by molar-refractivity contribution is 0.369. The number of hydrogen-bond acceptors (Lipinski definition) is 5. The first kappa shape index (κ1) is 11.6. The van der Waals surface area contributed by atoms with Gasteiger partial charge in [0.25, 0.3) is 0 Å². The van der Waals surface area contributed by atoms with Crippen LogP contribution in [0.4, 0.5) is 0 Å². The number of rotatable bonds is 5. The van der Waals surface area contributed by atoms with Crippen molar-refractivity contribution in [2.24, 2.45) is 0 Å². The average Bonchev–Trinajstić information content (AvgIpc) is 2.76. The molecule has 5 nitrogen and oxygen atoms in total. The highest BCUT2D eigenvalue weighted by Crippen LogP contribution is 2.07. The van der Waals surface area contributed by atoms with Crippen LogP contribution < -0.4 is 10.1 Å². The molecule has 0 amide bonds. The topological polar surface area (TPSA) is 60.2 Å². The molecule has 0 bridgehead atoms. The highest BCUT2D eigenvalue weighted by molar-refractivity contribution is 5.17. The van der Waals surface area contributed by atoms with Gasteiger partial charge in [-0.15, -0.1) is 0 Å². The van der Waals surface area contributed by atoms with E-state index in [9.17, 15) is 0 Å². The maximum absolute atomic E-state index is 5.09. The van der Waals surface area contributed by atoms with E-state index in [0.717, 1.165) is 23.6 Å². The Labute approximate surface area is 99.8 Å². The molecular formula is C12H15N3O2. The van der Waals surface area contributed by atoms with Crippen LogP contribution in [0, 0.1) is 6.92 Å². The van der Waals surface area contributed by atoms with Gasteiger partial charge in [0.2, 0.25) is 5.88 Å². The van der Waals surface area contributed by atoms with Crippen LogP contribution in [0.1, 0.15) is 17.0 Å². The van der Waals surface area contributed by atoms with Crippen molar-refractivity contribution in [2.75, 3.05) is 7.11 Å². The summed E-state index contributed by atoms with van der Waals surface area (Å²) < 4.78 is 10.1. The zero-order valence-corrected chi connectivity index (χ0v) is 9.93. The SMILES string of the molecule is COc1ccc(CNCc2cc(C)no2)cn1. The molecule has 5 heteroatoms. The molecule has 0 radical (unpaired) electrons. The van der Waals surface area contributed by atoms with E-state index in [2.05, 4.69) is 15.5 Å². The van der Waals surface area contributed by atoms with Crippen molar-refractivity contribution in [1.29, 1.82) is 0 Å². The Morgan fingerprint density at radius 1 is 1.35 bits per heavy atom. The van der Waals surface area contributed by atoms with Crippen molar-refractivity contribution in [3.8, 4) is 5.88 Å². The summed E-state index contributed by atoms with van der Waals surface area (Å²) >= 11 is 0. The van der Waals surface area contributed by atoms with Gasteiger partial charge in [-0.25, -0.2) is 4.98 Å². The molecule has 2 aromatic heterocycles. The molecule has 0 unspecified atom stereocenters. The quantitative estimate of drug-likeness (QED) is 0.851. The Morgan fingerprint density at radius 3 is 2.82 bits per heavy atom. The molecule has 2 rings (SSSR count). The van der Waals surface area contributed by atoms with Crippen molar-refractivity contribution in [3.05, 3.63) is 41.4 Å². The minimum absolute atomic E-state index is 0.625. The summed E-state index contributed by atoms with van der Waals surface area (Å²) in [5.74, 6) is 1.46. The number of aryl methyl sites for hydroxylation is 1. The zero-order valence-electron chi connectivity index (χ0n) is 9.93. The third-order valence-electron chi connectivity index (χ3n) is 2.31. The zero-order chi connectivity index (χ0) is 12.1. The van der Waals surface area contributed by atoms with Crippen molar-refractivity contribution >= 4 is 0 Å². The first-order valence-corrected chi connectivity index (χ1v) is 5.40. The third-order valence-corrected chi connectivity index (χ3v) is 2.31. The predicted octanol–water partition coefficient (Wildman–Crippen LogP) is 1.68. The standard InChI is InChI=1S/C12H15N3O2/c1-9-5-11(17-15-9)8-13-6-10-3-4-12(16-2)14-7-10/h3-5,7,13H,6,8H2,1-2H3. The van der Waals surface area contributed by atoms with Crippen LogP contribution in [0.5, 0.6) is 5.88 Å².